The molecule has 3 nitrogen and oxygen atoms in total. The molecule has 4 heteroatoms. The molecular weight excluding hydrogens is 355 g/mol. The summed E-state index contributed by atoms with van der Waals surface area (Å²) in [6.45, 7) is 0. The van der Waals surface area contributed by atoms with Crippen LogP contribution >= 0.6 is 0 Å². The van der Waals surface area contributed by atoms with Crippen molar-refractivity contribution in [2.24, 2.45) is 0 Å². The normalized spacial score (nSPS) is 15.6. The minimum absolute atomic E-state index is 0.325. The number of ether oxygens (including phenoxy) is 1. The highest BCUT2D eigenvalue weighted by Crippen LogP contribution is 2.42. The second-order valence-corrected chi connectivity index (χ2v) is 6.66. The van der Waals surface area contributed by atoms with Crippen LogP contribution in [0.25, 0.3) is 16.7 Å². The molecule has 1 atom stereocenters. The van der Waals surface area contributed by atoms with Gasteiger partial charge in [-0.25, -0.2) is 9.18 Å². The smallest absolute Gasteiger partial charge is 0.344 e. The Labute approximate surface area is 160 Å². The van der Waals surface area contributed by atoms with Crippen molar-refractivity contribution < 1.29 is 13.5 Å². The zero-order valence-electron chi connectivity index (χ0n) is 14.8. The average Bonchev–Trinajstić information content (AvgIpc) is 2.74. The molecule has 1 aliphatic heterocycles. The number of halogens is 1. The van der Waals surface area contributed by atoms with Crippen LogP contribution in [0.3, 0.4) is 0 Å². The molecule has 0 N–H and O–H groups in total. The molecule has 0 spiro atoms. The number of benzene rings is 3. The Bertz CT molecular complexity index is 1250. The summed E-state index contributed by atoms with van der Waals surface area (Å²) < 4.78 is 25.2. The molecule has 1 aromatic heterocycles. The summed E-state index contributed by atoms with van der Waals surface area (Å²) in [4.78, 5) is 12.8. The topological polar surface area (TPSA) is 39.4 Å². The Kier molecular flexibility index (Phi) is 3.83. The summed E-state index contributed by atoms with van der Waals surface area (Å²) in [5, 5.41) is 0.728. The fourth-order valence-electron chi connectivity index (χ4n) is 3.58. The highest BCUT2D eigenvalue weighted by Gasteiger charge is 2.30. The molecule has 0 saturated carbocycles. The maximum Gasteiger partial charge on any atom is 0.344 e. The highest BCUT2D eigenvalue weighted by atomic mass is 19.1. The fourth-order valence-corrected chi connectivity index (χ4v) is 3.58. The van der Waals surface area contributed by atoms with Crippen molar-refractivity contribution in [2.45, 2.75) is 5.92 Å². The van der Waals surface area contributed by atoms with Crippen molar-refractivity contribution >= 4 is 16.7 Å². The first-order valence-electron chi connectivity index (χ1n) is 8.97. The van der Waals surface area contributed by atoms with Crippen molar-refractivity contribution in [3.8, 4) is 5.75 Å². The Hall–Kier alpha value is -3.66. The molecule has 5 rings (SSSR count). The summed E-state index contributed by atoms with van der Waals surface area (Å²) in [6.07, 6.45) is 1.89. The second kappa shape index (κ2) is 6.50. The van der Waals surface area contributed by atoms with Gasteiger partial charge >= 0.3 is 5.63 Å². The Balaban J connectivity index is 1.79. The third-order valence-electron chi connectivity index (χ3n) is 4.93. The van der Waals surface area contributed by atoms with Gasteiger partial charge in [-0.15, -0.1) is 0 Å². The van der Waals surface area contributed by atoms with E-state index in [4.69, 9.17) is 9.15 Å². The van der Waals surface area contributed by atoms with Crippen LogP contribution in [-0.2, 0) is 0 Å². The number of hydrogen-bond donors (Lipinski definition) is 0. The second-order valence-electron chi connectivity index (χ2n) is 6.66. The van der Waals surface area contributed by atoms with E-state index in [0.717, 1.165) is 16.5 Å². The number of allylic oxidation sites excluding steroid dienone is 1. The summed E-state index contributed by atoms with van der Waals surface area (Å²) in [6, 6.07) is 23.1. The largest absolute Gasteiger partial charge is 0.456 e. The number of para-hydroxylation sites is 1. The number of rotatable bonds is 2. The molecule has 1 aliphatic rings. The van der Waals surface area contributed by atoms with Crippen LogP contribution in [0.2, 0.25) is 0 Å². The van der Waals surface area contributed by atoms with Gasteiger partial charge in [-0.05, 0) is 35.9 Å². The minimum Gasteiger partial charge on any atom is -0.456 e. The van der Waals surface area contributed by atoms with Crippen LogP contribution in [0, 0.1) is 5.82 Å². The standard InChI is InChI=1S/C24H15FO3/c25-17-12-10-15(11-13-17)19-14-21(16-6-2-1-3-7-16)27-23-18-8-4-5-9-20(18)28-24(26)22(19)23/h1-14,19H/t19-/m0/s1. The summed E-state index contributed by atoms with van der Waals surface area (Å²) in [5.74, 6) is 0.412. The van der Waals surface area contributed by atoms with E-state index in [9.17, 15) is 9.18 Å². The Morgan fingerprint density at radius 2 is 1.54 bits per heavy atom. The molecule has 0 unspecified atom stereocenters. The average molecular weight is 370 g/mol. The molecule has 0 fully saturated rings. The van der Waals surface area contributed by atoms with Gasteiger partial charge in [-0.1, -0.05) is 54.6 Å². The summed E-state index contributed by atoms with van der Waals surface area (Å²) in [5.41, 5.74) is 2.13. The van der Waals surface area contributed by atoms with Gasteiger partial charge in [0.15, 0.2) is 0 Å². The van der Waals surface area contributed by atoms with Crippen LogP contribution < -0.4 is 10.4 Å². The molecule has 4 aromatic rings. The van der Waals surface area contributed by atoms with Gasteiger partial charge < -0.3 is 9.15 Å². The van der Waals surface area contributed by atoms with Crippen LogP contribution in [0.15, 0.2) is 94.2 Å². The molecule has 0 radical (unpaired) electrons. The van der Waals surface area contributed by atoms with E-state index in [1.54, 1.807) is 18.2 Å². The Morgan fingerprint density at radius 3 is 2.32 bits per heavy atom. The van der Waals surface area contributed by atoms with Gasteiger partial charge in [0, 0.05) is 11.5 Å². The van der Waals surface area contributed by atoms with Gasteiger partial charge in [0.05, 0.1) is 10.9 Å². The van der Waals surface area contributed by atoms with Crippen molar-refractivity contribution in [1.29, 1.82) is 0 Å². The van der Waals surface area contributed by atoms with Crippen molar-refractivity contribution in [3.05, 3.63) is 118 Å². The van der Waals surface area contributed by atoms with Gasteiger partial charge in [-0.3, -0.25) is 0 Å². The lowest BCUT2D eigenvalue weighted by Gasteiger charge is -2.25. The van der Waals surface area contributed by atoms with Crippen LogP contribution in [-0.4, -0.2) is 0 Å². The van der Waals surface area contributed by atoms with Gasteiger partial charge in [-0.2, -0.15) is 0 Å². The third-order valence-corrected chi connectivity index (χ3v) is 4.93. The van der Waals surface area contributed by atoms with Gasteiger partial charge in [0.1, 0.15) is 22.9 Å². The Morgan fingerprint density at radius 1 is 0.821 bits per heavy atom. The zero-order valence-corrected chi connectivity index (χ0v) is 14.8. The third kappa shape index (κ3) is 2.70. The quantitative estimate of drug-likeness (QED) is 0.438. The van der Waals surface area contributed by atoms with Crippen LogP contribution in [0.4, 0.5) is 4.39 Å². The SMILES string of the molecule is O=c1oc2ccccc2c2c1[C@H](c1ccc(F)cc1)C=C(c1ccccc1)O2. The highest BCUT2D eigenvalue weighted by molar-refractivity contribution is 5.87. The van der Waals surface area contributed by atoms with Crippen LogP contribution in [0.1, 0.15) is 22.6 Å². The van der Waals surface area contributed by atoms with Gasteiger partial charge in [0.25, 0.3) is 0 Å². The molecule has 3 aromatic carbocycles. The minimum atomic E-state index is -0.452. The van der Waals surface area contributed by atoms with Gasteiger partial charge in [0.2, 0.25) is 0 Å². The van der Waals surface area contributed by atoms with E-state index >= 15 is 0 Å². The predicted molar refractivity (Wildman–Crippen MR) is 106 cm³/mol. The maximum atomic E-state index is 13.5. The molecule has 0 amide bonds. The summed E-state index contributed by atoms with van der Waals surface area (Å²) >= 11 is 0. The van der Waals surface area contributed by atoms with Crippen molar-refractivity contribution in [1.82, 2.24) is 0 Å². The summed E-state index contributed by atoms with van der Waals surface area (Å²) in [7, 11) is 0. The van der Waals surface area contributed by atoms with E-state index in [-0.39, 0.29) is 5.82 Å². The first-order chi connectivity index (χ1) is 13.7. The van der Waals surface area contributed by atoms with E-state index in [1.807, 2.05) is 54.6 Å². The fraction of sp³-hybridized carbons (Fsp3) is 0.0417. The molecule has 0 aliphatic carbocycles. The van der Waals surface area contributed by atoms with E-state index in [0.29, 0.717) is 22.7 Å². The lowest BCUT2D eigenvalue weighted by atomic mass is 9.88. The molecule has 28 heavy (non-hydrogen) atoms. The first-order valence-corrected chi connectivity index (χ1v) is 8.97. The number of hydrogen-bond acceptors (Lipinski definition) is 3. The lowest BCUT2D eigenvalue weighted by Crippen LogP contribution is -2.19. The monoisotopic (exact) mass is 370 g/mol. The van der Waals surface area contributed by atoms with Crippen LogP contribution in [0.5, 0.6) is 5.75 Å². The molecule has 136 valence electrons. The molecule has 0 bridgehead atoms. The zero-order chi connectivity index (χ0) is 19.1. The predicted octanol–water partition coefficient (Wildman–Crippen LogP) is 5.50. The maximum absolute atomic E-state index is 13.5. The van der Waals surface area contributed by atoms with E-state index < -0.39 is 11.5 Å². The van der Waals surface area contributed by atoms with E-state index in [2.05, 4.69) is 0 Å². The van der Waals surface area contributed by atoms with Crippen molar-refractivity contribution in [2.75, 3.05) is 0 Å². The molecule has 2 heterocycles. The van der Waals surface area contributed by atoms with Crippen molar-refractivity contribution in [3.63, 3.8) is 0 Å². The lowest BCUT2D eigenvalue weighted by molar-refractivity contribution is 0.472. The van der Waals surface area contributed by atoms with E-state index in [1.165, 1.54) is 12.1 Å². The first kappa shape index (κ1) is 16.5. The number of fused-ring (bicyclic) bond motifs is 3. The molecular formula is C24H15FO3. The molecule has 0 saturated heterocycles.